The summed E-state index contributed by atoms with van der Waals surface area (Å²) in [7, 11) is 3.27. The molecule has 0 aliphatic heterocycles. The minimum absolute atomic E-state index is 0.204. The second-order valence-electron chi connectivity index (χ2n) is 8.81. The summed E-state index contributed by atoms with van der Waals surface area (Å²) in [5.41, 5.74) is 6.68. The molecular formula is C33H31ClN4O2. The second-order valence-corrected chi connectivity index (χ2v) is 9.24. The lowest BCUT2D eigenvalue weighted by atomic mass is 10.1. The molecule has 1 aromatic heterocycles. The van der Waals surface area contributed by atoms with Gasteiger partial charge in [-0.15, -0.1) is 0 Å². The van der Waals surface area contributed by atoms with Crippen LogP contribution in [0, 0.1) is 6.92 Å². The number of aromatic nitrogens is 1. The lowest BCUT2D eigenvalue weighted by Gasteiger charge is -2.20. The smallest absolute Gasteiger partial charge is 0.258 e. The SMILES string of the molecule is C=CN=C(C=C)c1ccc(C(=O)N(C)c2cc(Cl)cc(N(C)C=O)c2)cc1.Cc1ccc(-c2ccccn2)cc1. The zero-order chi connectivity index (χ0) is 29.1. The van der Waals surface area contributed by atoms with Crippen LogP contribution in [0.3, 0.4) is 0 Å². The first-order valence-corrected chi connectivity index (χ1v) is 12.8. The van der Waals surface area contributed by atoms with E-state index in [0.717, 1.165) is 11.3 Å². The molecule has 7 heteroatoms. The summed E-state index contributed by atoms with van der Waals surface area (Å²) in [6.45, 7) is 9.39. The number of allylic oxidation sites excluding steroid dienone is 1. The number of amides is 2. The van der Waals surface area contributed by atoms with Crippen molar-refractivity contribution in [2.24, 2.45) is 4.99 Å². The lowest BCUT2D eigenvalue weighted by Crippen LogP contribution is -2.26. The standard InChI is InChI=1S/C21H20ClN3O2.C12H11N/c1-5-20(23-6-2)15-7-9-16(10-8-15)21(27)25(4)19-12-17(22)11-18(13-19)24(3)14-26;1-10-5-7-11(8-6-10)12-4-2-3-9-13-12/h5-14H,1-2H2,3-4H3;2-9H,1H3. The average molecular weight is 551 g/mol. The summed E-state index contributed by atoms with van der Waals surface area (Å²) in [6, 6.07) is 26.4. The van der Waals surface area contributed by atoms with Gasteiger partial charge in [0.15, 0.2) is 0 Å². The van der Waals surface area contributed by atoms with Crippen molar-refractivity contribution in [1.82, 2.24) is 4.98 Å². The van der Waals surface area contributed by atoms with Gasteiger partial charge in [0.25, 0.3) is 5.91 Å². The van der Waals surface area contributed by atoms with Gasteiger partial charge in [-0.2, -0.15) is 0 Å². The molecule has 0 unspecified atom stereocenters. The number of anilines is 2. The highest BCUT2D eigenvalue weighted by atomic mass is 35.5. The normalized spacial score (nSPS) is 10.6. The van der Waals surface area contributed by atoms with Crippen LogP contribution in [0.25, 0.3) is 11.3 Å². The molecule has 1 heterocycles. The van der Waals surface area contributed by atoms with Crippen molar-refractivity contribution >= 4 is 41.0 Å². The summed E-state index contributed by atoms with van der Waals surface area (Å²) < 4.78 is 0. The first-order chi connectivity index (χ1) is 19.3. The molecule has 0 spiro atoms. The zero-order valence-corrected chi connectivity index (χ0v) is 23.5. The van der Waals surface area contributed by atoms with E-state index in [0.29, 0.717) is 34.1 Å². The number of nitrogens with zero attached hydrogens (tertiary/aromatic N) is 4. The Balaban J connectivity index is 0.000000281. The van der Waals surface area contributed by atoms with Gasteiger partial charge in [-0.3, -0.25) is 19.6 Å². The molecule has 0 aliphatic carbocycles. The van der Waals surface area contributed by atoms with E-state index >= 15 is 0 Å². The third-order valence-electron chi connectivity index (χ3n) is 5.99. The summed E-state index contributed by atoms with van der Waals surface area (Å²) in [5, 5.41) is 0.433. The number of aliphatic imine (C=N–C) groups is 1. The van der Waals surface area contributed by atoms with Crippen molar-refractivity contribution in [2.75, 3.05) is 23.9 Å². The number of rotatable bonds is 8. The number of carbonyl (C=O) groups is 2. The van der Waals surface area contributed by atoms with Crippen molar-refractivity contribution in [3.8, 4) is 11.3 Å². The van der Waals surface area contributed by atoms with Crippen LogP contribution in [-0.2, 0) is 4.79 Å². The Morgan fingerprint density at radius 2 is 1.55 bits per heavy atom. The molecule has 2 amide bonds. The zero-order valence-electron chi connectivity index (χ0n) is 22.8. The number of halogens is 1. The summed E-state index contributed by atoms with van der Waals surface area (Å²) in [6.07, 6.45) is 5.56. The monoisotopic (exact) mass is 550 g/mol. The predicted molar refractivity (Wildman–Crippen MR) is 166 cm³/mol. The largest absolute Gasteiger partial charge is 0.318 e. The van der Waals surface area contributed by atoms with Gasteiger partial charge in [-0.25, -0.2) is 0 Å². The maximum atomic E-state index is 12.8. The van der Waals surface area contributed by atoms with Gasteiger partial charge in [-0.05, 0) is 55.5 Å². The van der Waals surface area contributed by atoms with Crippen LogP contribution in [0.1, 0.15) is 21.5 Å². The van der Waals surface area contributed by atoms with Gasteiger partial charge < -0.3 is 9.80 Å². The van der Waals surface area contributed by atoms with Gasteiger partial charge >= 0.3 is 0 Å². The molecule has 0 bridgehead atoms. The molecule has 3 aromatic carbocycles. The number of benzene rings is 3. The van der Waals surface area contributed by atoms with Crippen molar-refractivity contribution in [2.45, 2.75) is 6.92 Å². The van der Waals surface area contributed by atoms with Crippen molar-refractivity contribution in [1.29, 1.82) is 0 Å². The third-order valence-corrected chi connectivity index (χ3v) is 6.21. The van der Waals surface area contributed by atoms with Gasteiger partial charge in [-0.1, -0.05) is 72.8 Å². The molecule has 0 saturated carbocycles. The van der Waals surface area contributed by atoms with E-state index in [2.05, 4.69) is 54.3 Å². The second kappa shape index (κ2) is 14.4. The molecular weight excluding hydrogens is 520 g/mol. The lowest BCUT2D eigenvalue weighted by molar-refractivity contribution is -0.107. The van der Waals surface area contributed by atoms with Crippen LogP contribution >= 0.6 is 11.6 Å². The Hall–Kier alpha value is -4.81. The maximum Gasteiger partial charge on any atom is 0.258 e. The van der Waals surface area contributed by atoms with Crippen LogP contribution in [0.2, 0.25) is 5.02 Å². The van der Waals surface area contributed by atoms with E-state index in [9.17, 15) is 9.59 Å². The maximum absolute atomic E-state index is 12.8. The number of hydrogen-bond donors (Lipinski definition) is 0. The minimum atomic E-state index is -0.204. The van der Waals surface area contributed by atoms with E-state index in [4.69, 9.17) is 11.6 Å². The molecule has 4 rings (SSSR count). The average Bonchev–Trinajstić information content (AvgIpc) is 2.99. The van der Waals surface area contributed by atoms with E-state index in [1.54, 1.807) is 62.6 Å². The van der Waals surface area contributed by atoms with E-state index in [1.165, 1.54) is 27.1 Å². The fourth-order valence-electron chi connectivity index (χ4n) is 3.71. The molecule has 0 radical (unpaired) electrons. The molecule has 6 nitrogen and oxygen atoms in total. The molecule has 4 aromatic rings. The van der Waals surface area contributed by atoms with Crippen molar-refractivity contribution in [3.63, 3.8) is 0 Å². The highest BCUT2D eigenvalue weighted by molar-refractivity contribution is 6.31. The molecule has 0 aliphatic rings. The van der Waals surface area contributed by atoms with E-state index < -0.39 is 0 Å². The molecule has 0 atom stereocenters. The van der Waals surface area contributed by atoms with Gasteiger partial charge in [0, 0.05) is 59.6 Å². The summed E-state index contributed by atoms with van der Waals surface area (Å²) >= 11 is 6.14. The number of pyridine rings is 1. The first-order valence-electron chi connectivity index (χ1n) is 12.4. The number of aryl methyl sites for hydroxylation is 1. The van der Waals surface area contributed by atoms with Gasteiger partial charge in [0.05, 0.1) is 11.4 Å². The Morgan fingerprint density at radius 3 is 2.12 bits per heavy atom. The number of hydrogen-bond acceptors (Lipinski definition) is 4. The third kappa shape index (κ3) is 7.85. The molecule has 0 fully saturated rings. The molecule has 0 saturated heterocycles. The van der Waals surface area contributed by atoms with Crippen LogP contribution in [0.5, 0.6) is 0 Å². The van der Waals surface area contributed by atoms with Gasteiger partial charge in [0.1, 0.15) is 0 Å². The fourth-order valence-corrected chi connectivity index (χ4v) is 3.94. The molecule has 40 heavy (non-hydrogen) atoms. The number of carbonyl (C=O) groups excluding carboxylic acids is 2. The predicted octanol–water partition coefficient (Wildman–Crippen LogP) is 7.38. The van der Waals surface area contributed by atoms with Crippen LogP contribution in [0.15, 0.2) is 122 Å². The Bertz CT molecular complexity index is 1500. The van der Waals surface area contributed by atoms with Crippen LogP contribution in [0.4, 0.5) is 11.4 Å². The summed E-state index contributed by atoms with van der Waals surface area (Å²) in [4.78, 5) is 35.1. The quantitative estimate of drug-likeness (QED) is 0.170. The molecule has 0 N–H and O–H groups in total. The van der Waals surface area contributed by atoms with Crippen molar-refractivity contribution in [3.05, 3.63) is 138 Å². The minimum Gasteiger partial charge on any atom is -0.318 e. The summed E-state index contributed by atoms with van der Waals surface area (Å²) in [5.74, 6) is -0.204. The van der Waals surface area contributed by atoms with Crippen molar-refractivity contribution < 1.29 is 9.59 Å². The Labute approximate surface area is 240 Å². The first kappa shape index (κ1) is 29.7. The Morgan fingerprint density at radius 1 is 0.900 bits per heavy atom. The van der Waals surface area contributed by atoms with E-state index in [1.807, 2.05) is 24.4 Å². The van der Waals surface area contributed by atoms with E-state index in [-0.39, 0.29) is 5.91 Å². The molecule has 202 valence electrons. The fraction of sp³-hybridized carbons (Fsp3) is 0.0909. The van der Waals surface area contributed by atoms with Crippen LogP contribution in [-0.4, -0.2) is 37.1 Å². The topological polar surface area (TPSA) is 65.9 Å². The highest BCUT2D eigenvalue weighted by Crippen LogP contribution is 2.27. The highest BCUT2D eigenvalue weighted by Gasteiger charge is 2.16. The van der Waals surface area contributed by atoms with Gasteiger partial charge in [0.2, 0.25) is 6.41 Å². The van der Waals surface area contributed by atoms with Crippen LogP contribution < -0.4 is 9.80 Å². The Kier molecular flexibility index (Phi) is 10.7.